The van der Waals surface area contributed by atoms with Gasteiger partial charge in [-0.2, -0.15) is 0 Å². The van der Waals surface area contributed by atoms with Crippen LogP contribution in [0.4, 0.5) is 0 Å². The third kappa shape index (κ3) is 10800. The Morgan fingerprint density at radius 3 is 1.00 bits per heavy atom. The van der Waals surface area contributed by atoms with Crippen LogP contribution in [0.2, 0.25) is 0 Å². The Labute approximate surface area is 63.8 Å². The van der Waals surface area contributed by atoms with E-state index in [2.05, 4.69) is 11.5 Å². The minimum Gasteiger partial charge on any atom is -1.00 e. The zero-order chi connectivity index (χ0) is 7.58. The molecule has 0 saturated heterocycles. The highest BCUT2D eigenvalue weighted by molar-refractivity contribution is 4.17. The highest BCUT2D eigenvalue weighted by atomic mass is 35.5. The average molecular weight is 159 g/mol. The summed E-state index contributed by atoms with van der Waals surface area (Å²) < 4.78 is 0. The van der Waals surface area contributed by atoms with Gasteiger partial charge in [0.15, 0.2) is 0 Å². The fourth-order valence-corrected chi connectivity index (χ4v) is 0. The molecule has 0 aromatic rings. The number of hydrogen-bond acceptors (Lipinski definition) is 1. The second kappa shape index (κ2) is 41.8. The second-order valence-electron chi connectivity index (χ2n) is 1.05. The van der Waals surface area contributed by atoms with E-state index >= 15 is 0 Å². The van der Waals surface area contributed by atoms with E-state index in [0.717, 1.165) is 0 Å². The molecule has 0 aliphatic heterocycles. The van der Waals surface area contributed by atoms with Gasteiger partial charge in [0.25, 0.3) is 0 Å². The van der Waals surface area contributed by atoms with E-state index in [9.17, 15) is 5.11 Å². The molecule has 0 heterocycles. The first-order valence-electron chi connectivity index (χ1n) is 2.80. The number of rotatable bonds is 0. The topological polar surface area (TPSA) is 78.3 Å². The van der Waals surface area contributed by atoms with Crippen LogP contribution in [0.15, 0.2) is 0 Å². The van der Waals surface area contributed by atoms with E-state index in [4.69, 9.17) is 0 Å². The Morgan fingerprint density at radius 2 is 1.00 bits per heavy atom. The van der Waals surface area contributed by atoms with Crippen LogP contribution in [0, 0.1) is 0 Å². The summed E-state index contributed by atoms with van der Waals surface area (Å²) in [5, 5.41) is 9.53. The molecule has 4 heteroatoms. The zero-order valence-corrected chi connectivity index (χ0v) is 7.53. The predicted octanol–water partition coefficient (Wildman–Crippen LogP) is -5.52. The van der Waals surface area contributed by atoms with Crippen molar-refractivity contribution in [2.45, 2.75) is 20.0 Å². The molecule has 0 bridgehead atoms. The van der Waals surface area contributed by atoms with Gasteiger partial charge in [0.2, 0.25) is 0 Å². The largest absolute Gasteiger partial charge is 1.00 e. The molecule has 0 atom stereocenters. The van der Waals surface area contributed by atoms with Crippen molar-refractivity contribution in [2.24, 2.45) is 0 Å². The lowest BCUT2D eigenvalue weighted by molar-refractivity contribution is -0.407. The first kappa shape index (κ1) is 22.9. The minimum absolute atomic E-state index is 0. The molecule has 0 aromatic carbocycles. The summed E-state index contributed by atoms with van der Waals surface area (Å²) in [6.45, 7) is 3.22. The van der Waals surface area contributed by atoms with Crippen LogP contribution < -0.4 is 29.0 Å². The number of hydrogen-bond donors (Lipinski definition) is 2. The molecule has 0 amide bonds. The summed E-state index contributed by atoms with van der Waals surface area (Å²) in [6, 6.07) is 0. The Morgan fingerprint density at radius 1 is 1.00 bits per heavy atom. The molecule has 0 aliphatic rings. The number of quaternary nitrogens is 2. The van der Waals surface area contributed by atoms with Crippen molar-refractivity contribution in [2.75, 3.05) is 14.1 Å². The molecular formula is C5H19ClN2O. The molecule has 9 heavy (non-hydrogen) atoms. The quantitative estimate of drug-likeness (QED) is 0.363. The first-order valence-corrected chi connectivity index (χ1v) is 2.80. The lowest BCUT2D eigenvalue weighted by atomic mass is 10.5. The van der Waals surface area contributed by atoms with Gasteiger partial charge in [0.1, 0.15) is 0 Å². The maximum absolute atomic E-state index is 9.53. The van der Waals surface area contributed by atoms with E-state index in [1.165, 1.54) is 0 Å². The molecule has 0 fully saturated rings. The van der Waals surface area contributed by atoms with Gasteiger partial charge in [0, 0.05) is 0 Å². The molecule has 3 nitrogen and oxygen atoms in total. The summed E-state index contributed by atoms with van der Waals surface area (Å²) in [7, 11) is 3.50. The maximum Gasteiger partial charge on any atom is 0.0634 e. The summed E-state index contributed by atoms with van der Waals surface area (Å²) >= 11 is 0. The van der Waals surface area contributed by atoms with Crippen LogP contribution in [0.25, 0.3) is 0 Å². The van der Waals surface area contributed by atoms with E-state index < -0.39 is 6.10 Å². The standard InChI is InChI=1S/C3H7O.2CH5N.ClH/c1-3(2)4;2*1-2;/h3H,1-2H3;2*2H2,1H3;1H/q-1;;;/p+1. The van der Waals surface area contributed by atoms with Gasteiger partial charge < -0.3 is 29.0 Å². The summed E-state index contributed by atoms with van der Waals surface area (Å²) in [4.78, 5) is 0. The van der Waals surface area contributed by atoms with Crippen LogP contribution in [-0.4, -0.2) is 20.2 Å². The average Bonchev–Trinajstić information content (AvgIpc) is 1.75. The third-order valence-electron chi connectivity index (χ3n) is 0. The predicted molar refractivity (Wildman–Crippen MR) is 32.8 cm³/mol. The maximum atomic E-state index is 9.53. The van der Waals surface area contributed by atoms with Crippen LogP contribution >= 0.6 is 0 Å². The molecule has 6 N–H and O–H groups in total. The van der Waals surface area contributed by atoms with E-state index in [1.54, 1.807) is 27.9 Å². The van der Waals surface area contributed by atoms with E-state index in [0.29, 0.717) is 0 Å². The second-order valence-corrected chi connectivity index (χ2v) is 1.05. The monoisotopic (exact) mass is 158 g/mol. The Bertz CT molecular complexity index is 19.7. The fourth-order valence-electron chi connectivity index (χ4n) is 0. The van der Waals surface area contributed by atoms with E-state index in [1.807, 2.05) is 0 Å². The minimum atomic E-state index is -0.417. The van der Waals surface area contributed by atoms with Crippen LogP contribution in [0.3, 0.4) is 0 Å². The van der Waals surface area contributed by atoms with Crippen LogP contribution in [0.1, 0.15) is 13.8 Å². The van der Waals surface area contributed by atoms with Crippen molar-refractivity contribution in [1.82, 2.24) is 0 Å². The lowest BCUT2D eigenvalue weighted by Crippen LogP contribution is -3.00. The van der Waals surface area contributed by atoms with Crippen molar-refractivity contribution in [3.63, 3.8) is 0 Å². The molecule has 62 valence electrons. The molecule has 0 aliphatic carbocycles. The molecular weight excluding hydrogens is 140 g/mol. The Balaban J connectivity index is -0.0000000221. The first-order chi connectivity index (χ1) is 3.73. The lowest BCUT2D eigenvalue weighted by Gasteiger charge is -2.02. The fraction of sp³-hybridized carbons (Fsp3) is 1.00. The zero-order valence-electron chi connectivity index (χ0n) is 6.78. The number of halogens is 1. The Hall–Kier alpha value is 0.170. The molecule has 0 radical (unpaired) electrons. The van der Waals surface area contributed by atoms with Crippen molar-refractivity contribution in [1.29, 1.82) is 0 Å². The van der Waals surface area contributed by atoms with Crippen molar-refractivity contribution in [3.05, 3.63) is 0 Å². The van der Waals surface area contributed by atoms with Crippen LogP contribution in [-0.2, 0) is 0 Å². The SMILES string of the molecule is CC(C)[O-].C[NH3+].C[NH3+].[Cl-]. The van der Waals surface area contributed by atoms with Gasteiger partial charge in [-0.05, 0) is 0 Å². The van der Waals surface area contributed by atoms with Gasteiger partial charge in [-0.25, -0.2) is 0 Å². The Kier molecular flexibility index (Phi) is 106. The highest BCUT2D eigenvalue weighted by Crippen LogP contribution is 1.57. The van der Waals surface area contributed by atoms with Crippen molar-refractivity contribution in [3.8, 4) is 0 Å². The smallest absolute Gasteiger partial charge is 0.0634 e. The third-order valence-corrected chi connectivity index (χ3v) is 0. The van der Waals surface area contributed by atoms with Gasteiger partial charge in [-0.3, -0.25) is 0 Å². The van der Waals surface area contributed by atoms with Gasteiger partial charge >= 0.3 is 0 Å². The van der Waals surface area contributed by atoms with E-state index in [-0.39, 0.29) is 12.4 Å². The molecule has 0 saturated carbocycles. The van der Waals surface area contributed by atoms with Gasteiger partial charge in [-0.1, -0.05) is 13.8 Å². The normalized spacial score (nSPS) is 5.33. The summed E-state index contributed by atoms with van der Waals surface area (Å²) in [5.41, 5.74) is 6.50. The molecule has 0 aromatic heterocycles. The van der Waals surface area contributed by atoms with Crippen LogP contribution in [0.5, 0.6) is 0 Å². The molecule has 0 rings (SSSR count). The summed E-state index contributed by atoms with van der Waals surface area (Å²) in [5.74, 6) is 0. The van der Waals surface area contributed by atoms with Crippen molar-refractivity contribution >= 4 is 0 Å². The molecule has 0 spiro atoms. The van der Waals surface area contributed by atoms with Gasteiger partial charge in [-0.15, -0.1) is 6.10 Å². The van der Waals surface area contributed by atoms with Gasteiger partial charge in [0.05, 0.1) is 14.1 Å². The molecule has 0 unspecified atom stereocenters. The highest BCUT2D eigenvalue weighted by Gasteiger charge is 1.53. The van der Waals surface area contributed by atoms with Crippen molar-refractivity contribution < 1.29 is 29.0 Å². The summed E-state index contributed by atoms with van der Waals surface area (Å²) in [6.07, 6.45) is -0.417.